The van der Waals surface area contributed by atoms with Gasteiger partial charge < -0.3 is 5.32 Å². The van der Waals surface area contributed by atoms with Gasteiger partial charge in [-0.2, -0.15) is 0 Å². The van der Waals surface area contributed by atoms with E-state index >= 15 is 0 Å². The molecule has 29 heavy (non-hydrogen) atoms. The van der Waals surface area contributed by atoms with Crippen LogP contribution in [0.3, 0.4) is 0 Å². The summed E-state index contributed by atoms with van der Waals surface area (Å²) in [5.41, 5.74) is 4.95. The van der Waals surface area contributed by atoms with Gasteiger partial charge in [-0.1, -0.05) is 60.7 Å². The standard InChI is InChI=1S/C25H33N3O/c1-20-11-12-24(18-21(20)2)22(3)26-25(29)19-28-16-14-27(15-17-28)13-7-10-23-8-5-4-6-9-23/h4-12,18,22H,13-17,19H2,1-3H3,(H,26,29)/b10-7+. The molecular formula is C25H33N3O. The maximum atomic E-state index is 12.5. The molecule has 1 unspecified atom stereocenters. The molecule has 3 rings (SSSR count). The van der Waals surface area contributed by atoms with E-state index in [-0.39, 0.29) is 11.9 Å². The minimum absolute atomic E-state index is 0.0335. The average molecular weight is 392 g/mol. The molecule has 1 saturated heterocycles. The van der Waals surface area contributed by atoms with E-state index in [1.165, 1.54) is 16.7 Å². The first kappa shape index (κ1) is 21.3. The lowest BCUT2D eigenvalue weighted by Gasteiger charge is -2.33. The number of hydrogen-bond donors (Lipinski definition) is 1. The number of amides is 1. The van der Waals surface area contributed by atoms with Crippen LogP contribution in [0.2, 0.25) is 0 Å². The van der Waals surface area contributed by atoms with Crippen LogP contribution in [0.4, 0.5) is 0 Å². The Bertz CT molecular complexity index is 823. The van der Waals surface area contributed by atoms with E-state index < -0.39 is 0 Å². The summed E-state index contributed by atoms with van der Waals surface area (Å²) in [4.78, 5) is 17.2. The smallest absolute Gasteiger partial charge is 0.234 e. The molecule has 1 atom stereocenters. The zero-order valence-electron chi connectivity index (χ0n) is 17.9. The number of carbonyl (C=O) groups excluding carboxylic acids is 1. The highest BCUT2D eigenvalue weighted by atomic mass is 16.2. The summed E-state index contributed by atoms with van der Waals surface area (Å²) in [6.45, 7) is 11.6. The normalized spacial score (nSPS) is 16.8. The van der Waals surface area contributed by atoms with Crippen LogP contribution in [0.1, 0.15) is 35.2 Å². The highest BCUT2D eigenvalue weighted by Gasteiger charge is 2.19. The highest BCUT2D eigenvalue weighted by Crippen LogP contribution is 2.16. The second-order valence-corrected chi connectivity index (χ2v) is 8.02. The van der Waals surface area contributed by atoms with Crippen LogP contribution in [-0.2, 0) is 4.79 Å². The van der Waals surface area contributed by atoms with Crippen molar-refractivity contribution < 1.29 is 4.79 Å². The van der Waals surface area contributed by atoms with E-state index in [1.807, 2.05) is 6.07 Å². The molecule has 2 aromatic carbocycles. The van der Waals surface area contributed by atoms with Gasteiger partial charge in [-0.25, -0.2) is 0 Å². The minimum atomic E-state index is 0.0335. The van der Waals surface area contributed by atoms with E-state index in [1.54, 1.807) is 0 Å². The minimum Gasteiger partial charge on any atom is -0.348 e. The molecule has 0 aromatic heterocycles. The topological polar surface area (TPSA) is 35.6 Å². The van der Waals surface area contributed by atoms with Crippen LogP contribution >= 0.6 is 0 Å². The van der Waals surface area contributed by atoms with E-state index in [2.05, 4.69) is 90.5 Å². The molecule has 4 heteroatoms. The van der Waals surface area contributed by atoms with Crippen molar-refractivity contribution in [3.63, 3.8) is 0 Å². The Hall–Kier alpha value is -2.43. The second kappa shape index (κ2) is 10.4. The molecule has 1 aliphatic heterocycles. The van der Waals surface area contributed by atoms with Gasteiger partial charge >= 0.3 is 0 Å². The Morgan fingerprint density at radius 2 is 1.69 bits per heavy atom. The summed E-state index contributed by atoms with van der Waals surface area (Å²) in [6, 6.07) is 16.8. The Morgan fingerprint density at radius 1 is 1.00 bits per heavy atom. The van der Waals surface area contributed by atoms with Crippen molar-refractivity contribution in [2.45, 2.75) is 26.8 Å². The third kappa shape index (κ3) is 6.55. The van der Waals surface area contributed by atoms with E-state index in [9.17, 15) is 4.79 Å². The highest BCUT2D eigenvalue weighted by molar-refractivity contribution is 5.78. The maximum absolute atomic E-state index is 12.5. The lowest BCUT2D eigenvalue weighted by atomic mass is 10.0. The zero-order chi connectivity index (χ0) is 20.6. The lowest BCUT2D eigenvalue weighted by molar-refractivity contribution is -0.123. The number of hydrogen-bond acceptors (Lipinski definition) is 3. The summed E-state index contributed by atoms with van der Waals surface area (Å²) >= 11 is 0. The molecule has 154 valence electrons. The Morgan fingerprint density at radius 3 is 2.38 bits per heavy atom. The number of nitrogens with zero attached hydrogens (tertiary/aromatic N) is 2. The van der Waals surface area contributed by atoms with Gasteiger partial charge in [-0.15, -0.1) is 0 Å². The van der Waals surface area contributed by atoms with Crippen molar-refractivity contribution in [2.24, 2.45) is 0 Å². The molecule has 0 saturated carbocycles. The monoisotopic (exact) mass is 391 g/mol. The van der Waals surface area contributed by atoms with Gasteiger partial charge in [0, 0.05) is 32.7 Å². The predicted octanol–water partition coefficient (Wildman–Crippen LogP) is 3.81. The van der Waals surface area contributed by atoms with E-state index in [0.717, 1.165) is 38.3 Å². The number of rotatable bonds is 7. The summed E-state index contributed by atoms with van der Waals surface area (Å²) in [5, 5.41) is 3.15. The van der Waals surface area contributed by atoms with Gasteiger partial charge in [0.05, 0.1) is 12.6 Å². The summed E-state index contributed by atoms with van der Waals surface area (Å²) in [5.74, 6) is 0.105. The molecule has 0 spiro atoms. The van der Waals surface area contributed by atoms with Crippen LogP contribution in [0.25, 0.3) is 6.08 Å². The second-order valence-electron chi connectivity index (χ2n) is 8.02. The van der Waals surface area contributed by atoms with Gasteiger partial charge in [0.25, 0.3) is 0 Å². The van der Waals surface area contributed by atoms with Gasteiger partial charge in [0.2, 0.25) is 5.91 Å². The summed E-state index contributed by atoms with van der Waals surface area (Å²) < 4.78 is 0. The number of benzene rings is 2. The van der Waals surface area contributed by atoms with Crippen molar-refractivity contribution in [1.82, 2.24) is 15.1 Å². The fraction of sp³-hybridized carbons (Fsp3) is 0.400. The van der Waals surface area contributed by atoms with Gasteiger partial charge in [0.1, 0.15) is 0 Å². The SMILES string of the molecule is Cc1ccc(C(C)NC(=O)CN2CCN(C/C=C/c3ccccc3)CC2)cc1C. The molecule has 1 fully saturated rings. The number of piperazine rings is 1. The molecule has 0 aliphatic carbocycles. The molecule has 1 N–H and O–H groups in total. The largest absolute Gasteiger partial charge is 0.348 e. The summed E-state index contributed by atoms with van der Waals surface area (Å²) in [7, 11) is 0. The van der Waals surface area contributed by atoms with Crippen molar-refractivity contribution in [3.05, 3.63) is 76.9 Å². The van der Waals surface area contributed by atoms with Crippen LogP contribution in [0.5, 0.6) is 0 Å². The number of carbonyl (C=O) groups is 1. The van der Waals surface area contributed by atoms with Crippen LogP contribution < -0.4 is 5.32 Å². The van der Waals surface area contributed by atoms with Crippen molar-refractivity contribution in [3.8, 4) is 0 Å². The van der Waals surface area contributed by atoms with Crippen LogP contribution in [0.15, 0.2) is 54.6 Å². The number of nitrogens with one attached hydrogen (secondary N) is 1. The third-order valence-electron chi connectivity index (χ3n) is 5.71. The maximum Gasteiger partial charge on any atom is 0.234 e. The van der Waals surface area contributed by atoms with Gasteiger partial charge in [-0.05, 0) is 43.0 Å². The first-order chi connectivity index (χ1) is 14.0. The van der Waals surface area contributed by atoms with Crippen LogP contribution in [-0.4, -0.2) is 55.0 Å². The molecule has 1 heterocycles. The molecule has 4 nitrogen and oxygen atoms in total. The lowest BCUT2D eigenvalue weighted by Crippen LogP contribution is -2.49. The Kier molecular flexibility index (Phi) is 7.62. The Labute approximate surface area is 175 Å². The molecule has 0 radical (unpaired) electrons. The first-order valence-corrected chi connectivity index (χ1v) is 10.5. The van der Waals surface area contributed by atoms with Crippen molar-refractivity contribution >= 4 is 12.0 Å². The predicted molar refractivity (Wildman–Crippen MR) is 121 cm³/mol. The van der Waals surface area contributed by atoms with Crippen molar-refractivity contribution in [1.29, 1.82) is 0 Å². The van der Waals surface area contributed by atoms with Crippen molar-refractivity contribution in [2.75, 3.05) is 39.3 Å². The fourth-order valence-electron chi connectivity index (χ4n) is 3.64. The summed E-state index contributed by atoms with van der Waals surface area (Å²) in [6.07, 6.45) is 4.40. The van der Waals surface area contributed by atoms with E-state index in [0.29, 0.717) is 6.54 Å². The fourth-order valence-corrected chi connectivity index (χ4v) is 3.64. The van der Waals surface area contributed by atoms with Gasteiger partial charge in [0.15, 0.2) is 0 Å². The molecular weight excluding hydrogens is 358 g/mol. The number of aryl methyl sites for hydroxylation is 2. The van der Waals surface area contributed by atoms with Crippen LogP contribution in [0, 0.1) is 13.8 Å². The van der Waals surface area contributed by atoms with E-state index in [4.69, 9.17) is 0 Å². The third-order valence-corrected chi connectivity index (χ3v) is 5.71. The molecule has 1 aliphatic rings. The average Bonchev–Trinajstić information content (AvgIpc) is 2.72. The molecule has 0 bridgehead atoms. The molecule has 2 aromatic rings. The first-order valence-electron chi connectivity index (χ1n) is 10.5. The Balaban J connectivity index is 1.39. The quantitative estimate of drug-likeness (QED) is 0.780. The van der Waals surface area contributed by atoms with Gasteiger partial charge in [-0.3, -0.25) is 14.6 Å². The molecule has 1 amide bonds. The zero-order valence-corrected chi connectivity index (χ0v) is 17.9.